The highest BCUT2D eigenvalue weighted by Gasteiger charge is 2.20. The fraction of sp³-hybridized carbons (Fsp3) is 0.111. The molecule has 0 radical (unpaired) electrons. The number of halogens is 3. The second-order valence-electron chi connectivity index (χ2n) is 5.42. The number of thiophene rings is 1. The fourth-order valence-electron chi connectivity index (χ4n) is 2.29. The van der Waals surface area contributed by atoms with Gasteiger partial charge in [0.1, 0.15) is 4.88 Å². The van der Waals surface area contributed by atoms with Crippen molar-refractivity contribution in [3.8, 4) is 0 Å². The lowest BCUT2D eigenvalue weighted by Gasteiger charge is -2.11. The number of aryl methyl sites for hydroxylation is 1. The molecule has 0 aliphatic heterocycles. The molecule has 2 aromatic carbocycles. The van der Waals surface area contributed by atoms with Crippen molar-refractivity contribution in [2.45, 2.75) is 6.92 Å². The number of anilines is 1. The normalized spacial score (nSPS) is 10.8. The van der Waals surface area contributed by atoms with Gasteiger partial charge in [0.2, 0.25) is 0 Å². The number of hydrogen-bond acceptors (Lipinski definition) is 4. The SMILES string of the molecule is Cc1ccc(Cl)c(NC(=O)COC(=O)c2sc3ccccc3c2Cl)c1Cl. The molecular weight excluding hydrogens is 417 g/mol. The Balaban J connectivity index is 1.69. The minimum absolute atomic E-state index is 0.257. The van der Waals surface area contributed by atoms with E-state index in [0.29, 0.717) is 15.1 Å². The predicted octanol–water partition coefficient (Wildman–Crippen LogP) is 5.97. The van der Waals surface area contributed by atoms with E-state index in [1.807, 2.05) is 24.3 Å². The molecule has 4 nitrogen and oxygen atoms in total. The van der Waals surface area contributed by atoms with Crippen molar-refractivity contribution in [2.75, 3.05) is 11.9 Å². The van der Waals surface area contributed by atoms with E-state index in [-0.39, 0.29) is 10.6 Å². The van der Waals surface area contributed by atoms with Crippen molar-refractivity contribution in [1.82, 2.24) is 0 Å². The van der Waals surface area contributed by atoms with Crippen molar-refractivity contribution in [3.63, 3.8) is 0 Å². The van der Waals surface area contributed by atoms with E-state index in [1.54, 1.807) is 19.1 Å². The topological polar surface area (TPSA) is 55.4 Å². The predicted molar refractivity (Wildman–Crippen MR) is 107 cm³/mol. The fourth-order valence-corrected chi connectivity index (χ4v) is 4.16. The number of amides is 1. The van der Waals surface area contributed by atoms with E-state index in [9.17, 15) is 9.59 Å². The molecule has 0 aliphatic rings. The van der Waals surface area contributed by atoms with Crippen molar-refractivity contribution in [2.24, 2.45) is 0 Å². The Labute approximate surface area is 168 Å². The first-order valence-electron chi connectivity index (χ1n) is 7.47. The van der Waals surface area contributed by atoms with E-state index >= 15 is 0 Å². The van der Waals surface area contributed by atoms with Crippen LogP contribution in [0.4, 0.5) is 5.69 Å². The average Bonchev–Trinajstić information content (AvgIpc) is 2.97. The molecule has 134 valence electrons. The maximum Gasteiger partial charge on any atom is 0.350 e. The molecule has 1 amide bonds. The number of carbonyl (C=O) groups is 2. The zero-order valence-corrected chi connectivity index (χ0v) is 16.5. The molecule has 0 bridgehead atoms. The molecule has 0 unspecified atom stereocenters. The first-order valence-corrected chi connectivity index (χ1v) is 9.42. The van der Waals surface area contributed by atoms with Crippen LogP contribution in [0.2, 0.25) is 15.1 Å². The molecule has 0 saturated heterocycles. The monoisotopic (exact) mass is 427 g/mol. The van der Waals surface area contributed by atoms with Gasteiger partial charge in [-0.25, -0.2) is 4.79 Å². The summed E-state index contributed by atoms with van der Waals surface area (Å²) in [5.74, 6) is -1.21. The van der Waals surface area contributed by atoms with Gasteiger partial charge in [-0.1, -0.05) is 59.1 Å². The van der Waals surface area contributed by atoms with Crippen LogP contribution in [-0.2, 0) is 9.53 Å². The summed E-state index contributed by atoms with van der Waals surface area (Å²) in [6.45, 7) is 1.31. The second kappa shape index (κ2) is 7.84. The van der Waals surface area contributed by atoms with Gasteiger partial charge >= 0.3 is 5.97 Å². The van der Waals surface area contributed by atoms with Crippen molar-refractivity contribution >= 4 is 73.8 Å². The summed E-state index contributed by atoms with van der Waals surface area (Å²) in [5, 5.41) is 4.29. The summed E-state index contributed by atoms with van der Waals surface area (Å²) in [4.78, 5) is 24.6. The molecular formula is C18H12Cl3NO3S. The number of nitrogens with one attached hydrogen (secondary N) is 1. The van der Waals surface area contributed by atoms with Crippen LogP contribution in [0, 0.1) is 6.92 Å². The van der Waals surface area contributed by atoms with Crippen molar-refractivity contribution in [3.05, 3.63) is 61.9 Å². The van der Waals surface area contributed by atoms with Crippen LogP contribution in [0.1, 0.15) is 15.2 Å². The summed E-state index contributed by atoms with van der Waals surface area (Å²) in [5.41, 5.74) is 1.05. The maximum atomic E-state index is 12.3. The first-order chi connectivity index (χ1) is 12.4. The Kier molecular flexibility index (Phi) is 5.73. The molecule has 8 heteroatoms. The number of benzene rings is 2. The Morgan fingerprint density at radius 3 is 2.54 bits per heavy atom. The van der Waals surface area contributed by atoms with Gasteiger partial charge in [-0.2, -0.15) is 0 Å². The number of rotatable bonds is 4. The number of ether oxygens (including phenoxy) is 1. The molecule has 0 aliphatic carbocycles. The molecule has 0 fully saturated rings. The molecule has 1 heterocycles. The standard InChI is InChI=1S/C18H12Cl3NO3S/c1-9-6-7-11(19)16(14(9)20)22-13(23)8-25-18(24)17-15(21)10-4-2-3-5-12(10)26-17/h2-7H,8H2,1H3,(H,22,23). The van der Waals surface area contributed by atoms with E-state index in [1.165, 1.54) is 11.3 Å². The molecule has 3 rings (SSSR count). The van der Waals surface area contributed by atoms with Crippen LogP contribution in [0.15, 0.2) is 36.4 Å². The summed E-state index contributed by atoms with van der Waals surface area (Å²) in [6.07, 6.45) is 0. The average molecular weight is 429 g/mol. The number of esters is 1. The van der Waals surface area contributed by atoms with Gasteiger partial charge in [0, 0.05) is 10.1 Å². The molecule has 0 atom stereocenters. The number of hydrogen-bond donors (Lipinski definition) is 1. The molecule has 0 saturated carbocycles. The zero-order valence-electron chi connectivity index (χ0n) is 13.4. The van der Waals surface area contributed by atoms with Crippen LogP contribution >= 0.6 is 46.1 Å². The lowest BCUT2D eigenvalue weighted by molar-refractivity contribution is -0.119. The summed E-state index contributed by atoms with van der Waals surface area (Å²) < 4.78 is 5.94. The maximum absolute atomic E-state index is 12.3. The Bertz CT molecular complexity index is 1020. The molecule has 0 spiro atoms. The third-order valence-electron chi connectivity index (χ3n) is 3.60. The van der Waals surface area contributed by atoms with Crippen LogP contribution in [-0.4, -0.2) is 18.5 Å². The van der Waals surface area contributed by atoms with E-state index in [2.05, 4.69) is 5.32 Å². The minimum Gasteiger partial charge on any atom is -0.451 e. The van der Waals surface area contributed by atoms with E-state index in [4.69, 9.17) is 39.5 Å². The molecule has 3 aromatic rings. The van der Waals surface area contributed by atoms with Gasteiger partial charge in [-0.3, -0.25) is 4.79 Å². The van der Waals surface area contributed by atoms with Crippen molar-refractivity contribution in [1.29, 1.82) is 0 Å². The van der Waals surface area contributed by atoms with Crippen LogP contribution in [0.5, 0.6) is 0 Å². The van der Waals surface area contributed by atoms with Crippen LogP contribution in [0.3, 0.4) is 0 Å². The largest absolute Gasteiger partial charge is 0.451 e. The smallest absolute Gasteiger partial charge is 0.350 e. The first kappa shape index (κ1) is 19.0. The highest BCUT2D eigenvalue weighted by Crippen LogP contribution is 2.36. The number of carbonyl (C=O) groups excluding carboxylic acids is 2. The summed E-state index contributed by atoms with van der Waals surface area (Å²) in [6, 6.07) is 10.7. The Hall–Kier alpha value is -1.79. The Morgan fingerprint density at radius 2 is 1.81 bits per heavy atom. The highest BCUT2D eigenvalue weighted by atomic mass is 35.5. The Morgan fingerprint density at radius 1 is 1.08 bits per heavy atom. The van der Waals surface area contributed by atoms with Crippen molar-refractivity contribution < 1.29 is 14.3 Å². The van der Waals surface area contributed by atoms with Gasteiger partial charge in [0.05, 0.1) is 20.8 Å². The van der Waals surface area contributed by atoms with Crippen LogP contribution < -0.4 is 5.32 Å². The zero-order chi connectivity index (χ0) is 18.8. The number of fused-ring (bicyclic) bond motifs is 1. The van der Waals surface area contributed by atoms with Gasteiger partial charge in [-0.15, -0.1) is 11.3 Å². The summed E-state index contributed by atoms with van der Waals surface area (Å²) in [7, 11) is 0. The molecule has 1 aromatic heterocycles. The third-order valence-corrected chi connectivity index (χ3v) is 6.06. The second-order valence-corrected chi connectivity index (χ2v) is 7.63. The molecule has 26 heavy (non-hydrogen) atoms. The lowest BCUT2D eigenvalue weighted by Crippen LogP contribution is -2.21. The highest BCUT2D eigenvalue weighted by molar-refractivity contribution is 7.21. The van der Waals surface area contributed by atoms with E-state index in [0.717, 1.165) is 15.6 Å². The van der Waals surface area contributed by atoms with E-state index < -0.39 is 18.5 Å². The van der Waals surface area contributed by atoms with Gasteiger partial charge in [-0.05, 0) is 24.6 Å². The lowest BCUT2D eigenvalue weighted by atomic mass is 10.2. The quantitative estimate of drug-likeness (QED) is 0.521. The van der Waals surface area contributed by atoms with Gasteiger partial charge in [0.25, 0.3) is 5.91 Å². The van der Waals surface area contributed by atoms with Gasteiger partial charge < -0.3 is 10.1 Å². The third kappa shape index (κ3) is 3.81. The van der Waals surface area contributed by atoms with Gasteiger partial charge in [0.15, 0.2) is 6.61 Å². The van der Waals surface area contributed by atoms with Crippen LogP contribution in [0.25, 0.3) is 10.1 Å². The minimum atomic E-state index is -0.659. The summed E-state index contributed by atoms with van der Waals surface area (Å²) >= 11 is 19.6. The molecule has 1 N–H and O–H groups in total.